The van der Waals surface area contributed by atoms with Crippen molar-refractivity contribution in [1.29, 1.82) is 0 Å². The summed E-state index contributed by atoms with van der Waals surface area (Å²) in [5, 5.41) is 0. The van der Waals surface area contributed by atoms with Gasteiger partial charge in [-0.05, 0) is 37.3 Å². The Morgan fingerprint density at radius 1 is 1.39 bits per heavy atom. The number of hydrogen-bond acceptors (Lipinski definition) is 2. The van der Waals surface area contributed by atoms with Crippen molar-refractivity contribution in [2.75, 3.05) is 20.1 Å². The molecule has 0 heterocycles. The second-order valence-corrected chi connectivity index (χ2v) is 5.39. The van der Waals surface area contributed by atoms with Crippen molar-refractivity contribution in [2.24, 2.45) is 11.1 Å². The van der Waals surface area contributed by atoms with Crippen molar-refractivity contribution in [1.82, 2.24) is 4.90 Å². The van der Waals surface area contributed by atoms with E-state index in [0.717, 1.165) is 25.8 Å². The molecule has 0 saturated heterocycles. The summed E-state index contributed by atoms with van der Waals surface area (Å²) in [7, 11) is 1.89. The smallest absolute Gasteiger partial charge is 0.229 e. The van der Waals surface area contributed by atoms with Crippen LogP contribution in [-0.2, 0) is 11.2 Å². The summed E-state index contributed by atoms with van der Waals surface area (Å²) in [5.74, 6) is 0.221. The molecule has 1 amide bonds. The van der Waals surface area contributed by atoms with Crippen LogP contribution in [0.1, 0.15) is 24.0 Å². The maximum absolute atomic E-state index is 12.2. The lowest BCUT2D eigenvalue weighted by Crippen LogP contribution is -2.39. The molecule has 0 bridgehead atoms. The quantitative estimate of drug-likeness (QED) is 0.860. The SMILES string of the molecule is Cc1ccccc1CCN(C)C(=O)C1(CN)CC1. The molecule has 1 aliphatic carbocycles. The maximum atomic E-state index is 12.2. The van der Waals surface area contributed by atoms with Gasteiger partial charge in [0.15, 0.2) is 0 Å². The van der Waals surface area contributed by atoms with Gasteiger partial charge in [-0.15, -0.1) is 0 Å². The van der Waals surface area contributed by atoms with E-state index in [-0.39, 0.29) is 11.3 Å². The molecule has 1 fully saturated rings. The number of rotatable bonds is 5. The maximum Gasteiger partial charge on any atom is 0.229 e. The summed E-state index contributed by atoms with van der Waals surface area (Å²) < 4.78 is 0. The van der Waals surface area contributed by atoms with Crippen LogP contribution in [0.2, 0.25) is 0 Å². The fourth-order valence-electron chi connectivity index (χ4n) is 2.34. The molecular weight excluding hydrogens is 224 g/mol. The van der Waals surface area contributed by atoms with Crippen molar-refractivity contribution in [3.8, 4) is 0 Å². The minimum atomic E-state index is -0.222. The van der Waals surface area contributed by atoms with E-state index in [1.54, 1.807) is 0 Å². The molecule has 0 aliphatic heterocycles. The van der Waals surface area contributed by atoms with Gasteiger partial charge < -0.3 is 10.6 Å². The standard InChI is InChI=1S/C15H22N2O/c1-12-5-3-4-6-13(12)7-10-17(2)14(18)15(11-16)8-9-15/h3-6H,7-11,16H2,1-2H3. The van der Waals surface area contributed by atoms with E-state index in [1.807, 2.05) is 24.1 Å². The number of nitrogens with zero attached hydrogens (tertiary/aromatic N) is 1. The highest BCUT2D eigenvalue weighted by atomic mass is 16.2. The number of benzene rings is 1. The number of aryl methyl sites for hydroxylation is 1. The van der Waals surface area contributed by atoms with Crippen LogP contribution in [0.25, 0.3) is 0 Å². The summed E-state index contributed by atoms with van der Waals surface area (Å²) in [6, 6.07) is 8.33. The zero-order valence-electron chi connectivity index (χ0n) is 11.3. The number of carbonyl (C=O) groups excluding carboxylic acids is 1. The Morgan fingerprint density at radius 2 is 2.06 bits per heavy atom. The minimum Gasteiger partial charge on any atom is -0.345 e. The first-order valence-corrected chi connectivity index (χ1v) is 6.59. The van der Waals surface area contributed by atoms with Crippen LogP contribution in [0, 0.1) is 12.3 Å². The Labute approximate surface area is 109 Å². The van der Waals surface area contributed by atoms with Crippen LogP contribution < -0.4 is 5.73 Å². The molecule has 1 aromatic carbocycles. The Balaban J connectivity index is 1.91. The predicted molar refractivity (Wildman–Crippen MR) is 73.2 cm³/mol. The molecule has 3 nitrogen and oxygen atoms in total. The second-order valence-electron chi connectivity index (χ2n) is 5.39. The van der Waals surface area contributed by atoms with Crippen molar-refractivity contribution >= 4 is 5.91 Å². The highest BCUT2D eigenvalue weighted by Gasteiger charge is 2.49. The average molecular weight is 246 g/mol. The molecule has 2 N–H and O–H groups in total. The summed E-state index contributed by atoms with van der Waals surface area (Å²) in [4.78, 5) is 14.0. The molecule has 1 aromatic rings. The van der Waals surface area contributed by atoms with Gasteiger partial charge >= 0.3 is 0 Å². The Hall–Kier alpha value is -1.35. The van der Waals surface area contributed by atoms with Gasteiger partial charge in [-0.2, -0.15) is 0 Å². The number of nitrogens with two attached hydrogens (primary N) is 1. The van der Waals surface area contributed by atoms with E-state index >= 15 is 0 Å². The van der Waals surface area contributed by atoms with Crippen molar-refractivity contribution in [3.05, 3.63) is 35.4 Å². The largest absolute Gasteiger partial charge is 0.345 e. The van der Waals surface area contributed by atoms with Crippen molar-refractivity contribution in [2.45, 2.75) is 26.2 Å². The van der Waals surface area contributed by atoms with Gasteiger partial charge in [0.05, 0.1) is 5.41 Å². The molecule has 3 heteroatoms. The first kappa shape index (κ1) is 13.1. The highest BCUT2D eigenvalue weighted by molar-refractivity contribution is 5.85. The molecule has 18 heavy (non-hydrogen) atoms. The summed E-state index contributed by atoms with van der Waals surface area (Å²) >= 11 is 0. The molecule has 0 unspecified atom stereocenters. The molecule has 0 aromatic heterocycles. The third-order valence-corrected chi connectivity index (χ3v) is 4.02. The van der Waals surface area contributed by atoms with Crippen LogP contribution >= 0.6 is 0 Å². The Morgan fingerprint density at radius 3 is 2.61 bits per heavy atom. The van der Waals surface area contributed by atoms with Crippen LogP contribution in [-0.4, -0.2) is 30.9 Å². The first-order chi connectivity index (χ1) is 8.59. The molecule has 2 rings (SSSR count). The number of carbonyl (C=O) groups is 1. The lowest BCUT2D eigenvalue weighted by Gasteiger charge is -2.22. The van der Waals surface area contributed by atoms with E-state index in [2.05, 4.69) is 19.1 Å². The van der Waals surface area contributed by atoms with Gasteiger partial charge in [0.1, 0.15) is 0 Å². The molecule has 1 aliphatic rings. The van der Waals surface area contributed by atoms with Gasteiger partial charge in [0.2, 0.25) is 5.91 Å². The lowest BCUT2D eigenvalue weighted by atomic mass is 10.0. The highest BCUT2D eigenvalue weighted by Crippen LogP contribution is 2.45. The molecule has 0 spiro atoms. The molecule has 0 radical (unpaired) electrons. The Bertz CT molecular complexity index is 438. The Kier molecular flexibility index (Phi) is 3.71. The van der Waals surface area contributed by atoms with E-state index in [0.29, 0.717) is 6.54 Å². The van der Waals surface area contributed by atoms with Gasteiger partial charge in [-0.25, -0.2) is 0 Å². The van der Waals surface area contributed by atoms with E-state index < -0.39 is 0 Å². The summed E-state index contributed by atoms with van der Waals surface area (Å²) in [6.07, 6.45) is 2.82. The summed E-state index contributed by atoms with van der Waals surface area (Å²) in [5.41, 5.74) is 8.07. The summed E-state index contributed by atoms with van der Waals surface area (Å²) in [6.45, 7) is 3.37. The monoisotopic (exact) mass is 246 g/mol. The zero-order chi connectivity index (χ0) is 13.2. The van der Waals surface area contributed by atoms with Crippen LogP contribution in [0.4, 0.5) is 0 Å². The van der Waals surface area contributed by atoms with Crippen LogP contribution in [0.15, 0.2) is 24.3 Å². The lowest BCUT2D eigenvalue weighted by molar-refractivity contribution is -0.135. The normalized spacial score (nSPS) is 16.4. The van der Waals surface area contributed by atoms with Crippen molar-refractivity contribution < 1.29 is 4.79 Å². The molecule has 0 atom stereocenters. The second kappa shape index (κ2) is 5.11. The number of hydrogen-bond donors (Lipinski definition) is 1. The van der Waals surface area contributed by atoms with Gasteiger partial charge in [-0.3, -0.25) is 4.79 Å². The minimum absolute atomic E-state index is 0.221. The van der Waals surface area contributed by atoms with Gasteiger partial charge in [0.25, 0.3) is 0 Å². The third kappa shape index (κ3) is 2.56. The third-order valence-electron chi connectivity index (χ3n) is 4.02. The van der Waals surface area contributed by atoms with Gasteiger partial charge in [0, 0.05) is 20.1 Å². The average Bonchev–Trinajstić information content (AvgIpc) is 3.17. The van der Waals surface area contributed by atoms with Crippen LogP contribution in [0.5, 0.6) is 0 Å². The van der Waals surface area contributed by atoms with Gasteiger partial charge in [-0.1, -0.05) is 24.3 Å². The molecule has 1 saturated carbocycles. The fraction of sp³-hybridized carbons (Fsp3) is 0.533. The predicted octanol–water partition coefficient (Wildman–Crippen LogP) is 1.73. The molecule has 98 valence electrons. The van der Waals surface area contributed by atoms with E-state index in [9.17, 15) is 4.79 Å². The van der Waals surface area contributed by atoms with E-state index in [1.165, 1.54) is 11.1 Å². The van der Waals surface area contributed by atoms with Crippen molar-refractivity contribution in [3.63, 3.8) is 0 Å². The van der Waals surface area contributed by atoms with E-state index in [4.69, 9.17) is 5.73 Å². The van der Waals surface area contributed by atoms with Crippen LogP contribution in [0.3, 0.4) is 0 Å². The zero-order valence-corrected chi connectivity index (χ0v) is 11.3. The first-order valence-electron chi connectivity index (χ1n) is 6.59. The number of likely N-dealkylation sites (N-methyl/N-ethyl adjacent to an activating group) is 1. The number of amides is 1. The molecular formula is C15H22N2O. The fourth-order valence-corrected chi connectivity index (χ4v) is 2.34. The topological polar surface area (TPSA) is 46.3 Å².